The molecule has 1 atom stereocenters. The summed E-state index contributed by atoms with van der Waals surface area (Å²) in [5, 5.41) is 10.8. The van der Waals surface area contributed by atoms with Crippen LogP contribution in [0.1, 0.15) is 12.5 Å². The third kappa shape index (κ3) is 3.71. The highest BCUT2D eigenvalue weighted by atomic mass is 19.1. The van der Waals surface area contributed by atoms with Gasteiger partial charge in [0.2, 0.25) is 0 Å². The quantitative estimate of drug-likeness (QED) is 0.629. The fraction of sp³-hybridized carbons (Fsp3) is 0.360. The van der Waals surface area contributed by atoms with Crippen molar-refractivity contribution in [1.82, 2.24) is 4.98 Å². The number of nitriles is 1. The highest BCUT2D eigenvalue weighted by Gasteiger charge is 2.25. The normalized spacial score (nSPS) is 19.3. The molecule has 0 amide bonds. The van der Waals surface area contributed by atoms with E-state index in [1.54, 1.807) is 12.3 Å². The first-order valence-electron chi connectivity index (χ1n) is 11.1. The van der Waals surface area contributed by atoms with Gasteiger partial charge in [-0.25, -0.2) is 4.39 Å². The molecule has 2 aliphatic heterocycles. The second-order valence-corrected chi connectivity index (χ2v) is 8.36. The van der Waals surface area contributed by atoms with Crippen molar-refractivity contribution in [1.29, 1.82) is 5.26 Å². The molecule has 3 heterocycles. The molecule has 1 aromatic heterocycles. The lowest BCUT2D eigenvalue weighted by molar-refractivity contribution is 0.0533. The largest absolute Gasteiger partial charge is 0.375 e. The van der Waals surface area contributed by atoms with E-state index in [-0.39, 0.29) is 11.9 Å². The Morgan fingerprint density at radius 2 is 1.72 bits per heavy atom. The van der Waals surface area contributed by atoms with Crippen LogP contribution in [0.4, 0.5) is 21.5 Å². The Balaban J connectivity index is 1.48. The first kappa shape index (κ1) is 20.5. The van der Waals surface area contributed by atoms with Gasteiger partial charge in [0, 0.05) is 50.9 Å². The van der Waals surface area contributed by atoms with E-state index >= 15 is 0 Å². The third-order valence-corrected chi connectivity index (χ3v) is 6.34. The maximum absolute atomic E-state index is 14.2. The zero-order chi connectivity index (χ0) is 22.1. The predicted octanol–water partition coefficient (Wildman–Crippen LogP) is 3.80. The Labute approximate surface area is 187 Å². The minimum Gasteiger partial charge on any atom is -0.375 e. The minimum atomic E-state index is -0.197. The number of aromatic nitrogens is 1. The van der Waals surface area contributed by atoms with Crippen LogP contribution in [-0.4, -0.2) is 57.0 Å². The fourth-order valence-electron chi connectivity index (χ4n) is 4.79. The van der Waals surface area contributed by atoms with Crippen LogP contribution in [0.5, 0.6) is 0 Å². The number of hydrogen-bond donors (Lipinski definition) is 0. The molecule has 0 saturated carbocycles. The summed E-state index contributed by atoms with van der Waals surface area (Å²) in [7, 11) is 0. The molecule has 3 aromatic rings. The van der Waals surface area contributed by atoms with Crippen LogP contribution < -0.4 is 14.7 Å². The number of rotatable bonds is 3. The number of pyridine rings is 1. The first-order chi connectivity index (χ1) is 15.7. The molecule has 2 fully saturated rings. The van der Waals surface area contributed by atoms with Gasteiger partial charge in [0.1, 0.15) is 11.9 Å². The highest BCUT2D eigenvalue weighted by molar-refractivity contribution is 6.01. The second kappa shape index (κ2) is 8.64. The smallest absolute Gasteiger partial charge is 0.146 e. The number of benzene rings is 2. The highest BCUT2D eigenvalue weighted by Crippen LogP contribution is 2.35. The van der Waals surface area contributed by atoms with Crippen molar-refractivity contribution < 1.29 is 9.13 Å². The standard InChI is InChI=1S/C25H26FN5O/c1-18-17-31(13-14-32-18)23-8-4-5-20-24(23)28-16-19(15-27)25(20)30-11-9-29(10-12-30)22-7-3-2-6-21(22)26/h2-8,16,18H,9-14,17H2,1H3. The van der Waals surface area contributed by atoms with Crippen LogP contribution in [0.3, 0.4) is 0 Å². The van der Waals surface area contributed by atoms with Crippen molar-refractivity contribution in [2.45, 2.75) is 13.0 Å². The van der Waals surface area contributed by atoms with Crippen LogP contribution in [0.25, 0.3) is 10.9 Å². The number of para-hydroxylation sites is 2. The van der Waals surface area contributed by atoms with Crippen LogP contribution in [0.15, 0.2) is 48.7 Å². The van der Waals surface area contributed by atoms with Crippen LogP contribution in [0, 0.1) is 17.1 Å². The molecule has 5 rings (SSSR count). The summed E-state index contributed by atoms with van der Waals surface area (Å²) in [5.41, 5.74) is 4.12. The SMILES string of the molecule is CC1CN(c2cccc3c(N4CCN(c5ccccc5F)CC4)c(C#N)cnc23)CCO1. The molecule has 0 N–H and O–H groups in total. The van der Waals surface area contributed by atoms with Crippen molar-refractivity contribution in [2.24, 2.45) is 0 Å². The molecule has 7 heteroatoms. The lowest BCUT2D eigenvalue weighted by atomic mass is 10.1. The number of hydrogen-bond acceptors (Lipinski definition) is 6. The van der Waals surface area contributed by atoms with Crippen LogP contribution in [-0.2, 0) is 4.74 Å². The summed E-state index contributed by atoms with van der Waals surface area (Å²) in [6.07, 6.45) is 1.86. The van der Waals surface area contributed by atoms with Gasteiger partial charge in [-0.05, 0) is 25.1 Å². The van der Waals surface area contributed by atoms with Gasteiger partial charge in [0.15, 0.2) is 0 Å². The Bertz CT molecular complexity index is 1170. The lowest BCUT2D eigenvalue weighted by Gasteiger charge is -2.38. The van der Waals surface area contributed by atoms with Crippen LogP contribution >= 0.6 is 0 Å². The zero-order valence-corrected chi connectivity index (χ0v) is 18.2. The van der Waals surface area contributed by atoms with Gasteiger partial charge in [0.05, 0.1) is 40.9 Å². The average molecular weight is 432 g/mol. The van der Waals surface area contributed by atoms with Crippen molar-refractivity contribution >= 4 is 28.0 Å². The predicted molar refractivity (Wildman–Crippen MR) is 125 cm³/mol. The molecule has 0 bridgehead atoms. The Kier molecular flexibility index (Phi) is 5.54. The molecule has 1 unspecified atom stereocenters. The number of piperazine rings is 1. The van der Waals surface area contributed by atoms with E-state index < -0.39 is 0 Å². The number of ether oxygens (including phenoxy) is 1. The maximum Gasteiger partial charge on any atom is 0.146 e. The van der Waals surface area contributed by atoms with Crippen LogP contribution in [0.2, 0.25) is 0 Å². The zero-order valence-electron chi connectivity index (χ0n) is 18.2. The number of nitrogens with zero attached hydrogens (tertiary/aromatic N) is 5. The number of anilines is 3. The Morgan fingerprint density at radius 1 is 0.969 bits per heavy atom. The number of morpholine rings is 1. The van der Waals surface area contributed by atoms with E-state index in [0.29, 0.717) is 44.0 Å². The molecular weight excluding hydrogens is 405 g/mol. The number of fused-ring (bicyclic) bond motifs is 1. The molecule has 2 aromatic carbocycles. The molecule has 2 aliphatic rings. The van der Waals surface area contributed by atoms with Crippen molar-refractivity contribution in [2.75, 3.05) is 60.6 Å². The topological polar surface area (TPSA) is 55.6 Å². The second-order valence-electron chi connectivity index (χ2n) is 8.36. The van der Waals surface area contributed by atoms with E-state index in [0.717, 1.165) is 35.4 Å². The molecule has 164 valence electrons. The number of halogens is 1. The van der Waals surface area contributed by atoms with Crippen molar-refractivity contribution in [3.05, 3.63) is 60.0 Å². The summed E-state index contributed by atoms with van der Waals surface area (Å²) in [4.78, 5) is 11.3. The van der Waals surface area contributed by atoms with E-state index in [1.807, 2.05) is 18.2 Å². The Morgan fingerprint density at radius 3 is 2.47 bits per heavy atom. The van der Waals surface area contributed by atoms with Crippen molar-refractivity contribution in [3.63, 3.8) is 0 Å². The molecule has 0 radical (unpaired) electrons. The van der Waals surface area contributed by atoms with E-state index in [1.165, 1.54) is 6.07 Å². The fourth-order valence-corrected chi connectivity index (χ4v) is 4.79. The molecule has 32 heavy (non-hydrogen) atoms. The third-order valence-electron chi connectivity index (χ3n) is 6.34. The summed E-state index contributed by atoms with van der Waals surface area (Å²) >= 11 is 0. The van der Waals surface area contributed by atoms with Gasteiger partial charge in [-0.15, -0.1) is 0 Å². The molecule has 6 nitrogen and oxygen atoms in total. The monoisotopic (exact) mass is 431 g/mol. The Hall–Kier alpha value is -3.37. The van der Waals surface area contributed by atoms with Gasteiger partial charge in [-0.2, -0.15) is 5.26 Å². The summed E-state index contributed by atoms with van der Waals surface area (Å²) in [5.74, 6) is -0.197. The molecule has 0 spiro atoms. The van der Waals surface area contributed by atoms with Gasteiger partial charge in [-0.3, -0.25) is 4.98 Å². The van der Waals surface area contributed by atoms with E-state index in [4.69, 9.17) is 9.72 Å². The first-order valence-corrected chi connectivity index (χ1v) is 11.1. The summed E-state index contributed by atoms with van der Waals surface area (Å²) in [6, 6.07) is 15.4. The lowest BCUT2D eigenvalue weighted by Crippen LogP contribution is -2.47. The van der Waals surface area contributed by atoms with Gasteiger partial charge in [0.25, 0.3) is 0 Å². The van der Waals surface area contributed by atoms with Gasteiger partial charge < -0.3 is 19.4 Å². The van der Waals surface area contributed by atoms with Crippen molar-refractivity contribution in [3.8, 4) is 6.07 Å². The minimum absolute atomic E-state index is 0.170. The van der Waals surface area contributed by atoms with E-state index in [9.17, 15) is 9.65 Å². The molecule has 2 saturated heterocycles. The average Bonchev–Trinajstić information content (AvgIpc) is 2.83. The molecule has 0 aliphatic carbocycles. The van der Waals surface area contributed by atoms with Gasteiger partial charge >= 0.3 is 0 Å². The summed E-state index contributed by atoms with van der Waals surface area (Å²) in [6.45, 7) is 7.21. The maximum atomic E-state index is 14.2. The molecular formula is C25H26FN5O. The van der Waals surface area contributed by atoms with E-state index in [2.05, 4.69) is 39.8 Å². The summed E-state index contributed by atoms with van der Waals surface area (Å²) < 4.78 is 20.0. The van der Waals surface area contributed by atoms with Gasteiger partial charge in [-0.1, -0.05) is 24.3 Å².